The molecule has 0 amide bonds. The van der Waals surface area contributed by atoms with Gasteiger partial charge in [0.1, 0.15) is 5.75 Å². The van der Waals surface area contributed by atoms with Gasteiger partial charge in [0, 0.05) is 11.3 Å². The van der Waals surface area contributed by atoms with E-state index in [1.165, 1.54) is 22.3 Å². The predicted molar refractivity (Wildman–Crippen MR) is 96.3 cm³/mol. The fourth-order valence-electron chi connectivity index (χ4n) is 3.45. The summed E-state index contributed by atoms with van der Waals surface area (Å²) < 4.78 is 5.35. The highest BCUT2D eigenvalue weighted by atomic mass is 32.1. The molecule has 0 saturated carbocycles. The lowest BCUT2D eigenvalue weighted by Crippen LogP contribution is -2.44. The molecule has 0 unspecified atom stereocenters. The second-order valence-corrected chi connectivity index (χ2v) is 6.27. The first-order chi connectivity index (χ1) is 11.3. The van der Waals surface area contributed by atoms with Crippen LogP contribution in [0.25, 0.3) is 5.70 Å². The molecule has 0 fully saturated rings. The minimum absolute atomic E-state index is 0.148. The highest BCUT2D eigenvalue weighted by Crippen LogP contribution is 2.39. The van der Waals surface area contributed by atoms with Crippen LogP contribution in [0.1, 0.15) is 29.2 Å². The number of thiocarbonyl (C=S) groups is 1. The van der Waals surface area contributed by atoms with Crippen molar-refractivity contribution in [3.63, 3.8) is 0 Å². The van der Waals surface area contributed by atoms with Crippen LogP contribution in [0.15, 0.2) is 54.1 Å². The quantitative estimate of drug-likeness (QED) is 0.828. The van der Waals surface area contributed by atoms with Crippen LogP contribution in [0.2, 0.25) is 0 Å². The maximum absolute atomic E-state index is 5.45. The fraction of sp³-hybridized carbons (Fsp3) is 0.211. The first-order valence-electron chi connectivity index (χ1n) is 7.79. The lowest BCUT2D eigenvalue weighted by Gasteiger charge is -2.35. The van der Waals surface area contributed by atoms with Gasteiger partial charge in [-0.2, -0.15) is 0 Å². The van der Waals surface area contributed by atoms with E-state index in [0.29, 0.717) is 5.11 Å². The molecule has 0 aromatic heterocycles. The van der Waals surface area contributed by atoms with Gasteiger partial charge in [0.2, 0.25) is 0 Å². The monoisotopic (exact) mass is 322 g/mol. The number of ether oxygens (including phenoxy) is 1. The molecule has 4 heteroatoms. The third-order valence-electron chi connectivity index (χ3n) is 4.56. The normalized spacial score (nSPS) is 19.3. The largest absolute Gasteiger partial charge is 0.497 e. The topological polar surface area (TPSA) is 33.3 Å². The second-order valence-electron chi connectivity index (χ2n) is 5.87. The number of nitrogens with one attached hydrogen (secondary N) is 2. The second kappa shape index (κ2) is 5.70. The maximum Gasteiger partial charge on any atom is 0.171 e. The molecule has 116 valence electrons. The lowest BCUT2D eigenvalue weighted by atomic mass is 9.83. The van der Waals surface area contributed by atoms with E-state index in [0.717, 1.165) is 24.3 Å². The molecule has 1 aliphatic heterocycles. The third-order valence-corrected chi connectivity index (χ3v) is 4.78. The van der Waals surface area contributed by atoms with Crippen LogP contribution >= 0.6 is 12.2 Å². The summed E-state index contributed by atoms with van der Waals surface area (Å²) in [5, 5.41) is 7.48. The lowest BCUT2D eigenvalue weighted by molar-refractivity contribution is 0.414. The van der Waals surface area contributed by atoms with Crippen molar-refractivity contribution in [1.29, 1.82) is 0 Å². The first kappa shape index (κ1) is 14.3. The number of hydrogen-bond acceptors (Lipinski definition) is 2. The molecule has 2 aliphatic rings. The number of aryl methyl sites for hydroxylation is 1. The summed E-state index contributed by atoms with van der Waals surface area (Å²) in [6.07, 6.45) is 2.03. The Labute approximate surface area is 141 Å². The van der Waals surface area contributed by atoms with Gasteiger partial charge in [-0.15, -0.1) is 0 Å². The van der Waals surface area contributed by atoms with Gasteiger partial charge >= 0.3 is 0 Å². The van der Waals surface area contributed by atoms with Crippen LogP contribution in [0.3, 0.4) is 0 Å². The molecule has 23 heavy (non-hydrogen) atoms. The molecule has 0 saturated heterocycles. The van der Waals surface area contributed by atoms with Gasteiger partial charge in [-0.1, -0.05) is 30.3 Å². The van der Waals surface area contributed by atoms with Gasteiger partial charge < -0.3 is 15.4 Å². The van der Waals surface area contributed by atoms with E-state index in [2.05, 4.69) is 47.0 Å². The Morgan fingerprint density at radius 2 is 1.91 bits per heavy atom. The molecule has 2 aromatic carbocycles. The van der Waals surface area contributed by atoms with Crippen molar-refractivity contribution < 1.29 is 4.74 Å². The van der Waals surface area contributed by atoms with E-state index < -0.39 is 0 Å². The summed E-state index contributed by atoms with van der Waals surface area (Å²) in [4.78, 5) is 0. The van der Waals surface area contributed by atoms with Crippen LogP contribution < -0.4 is 15.4 Å². The van der Waals surface area contributed by atoms with Crippen molar-refractivity contribution in [2.24, 2.45) is 0 Å². The Balaban J connectivity index is 1.83. The van der Waals surface area contributed by atoms with Crippen molar-refractivity contribution in [3.8, 4) is 5.75 Å². The van der Waals surface area contributed by atoms with Crippen LogP contribution in [0.4, 0.5) is 0 Å². The molecule has 2 N–H and O–H groups in total. The predicted octanol–water partition coefficient (Wildman–Crippen LogP) is 3.57. The third kappa shape index (κ3) is 2.49. The van der Waals surface area contributed by atoms with Gasteiger partial charge in [0.05, 0.1) is 13.2 Å². The molecular formula is C19H18N2OS. The van der Waals surface area contributed by atoms with E-state index in [9.17, 15) is 0 Å². The smallest absolute Gasteiger partial charge is 0.171 e. The van der Waals surface area contributed by atoms with Crippen LogP contribution in [0, 0.1) is 0 Å². The first-order valence-corrected chi connectivity index (χ1v) is 8.20. The highest BCUT2D eigenvalue weighted by molar-refractivity contribution is 7.80. The van der Waals surface area contributed by atoms with Gasteiger partial charge in [-0.3, -0.25) is 0 Å². The summed E-state index contributed by atoms with van der Waals surface area (Å²) in [7, 11) is 1.71. The molecule has 3 nitrogen and oxygen atoms in total. The number of fused-ring (bicyclic) bond motifs is 2. The summed E-state index contributed by atoms with van der Waals surface area (Å²) in [5.41, 5.74) is 6.33. The Bertz CT molecular complexity index is 798. The van der Waals surface area contributed by atoms with E-state index in [1.54, 1.807) is 7.11 Å². The van der Waals surface area contributed by atoms with Crippen LogP contribution in [-0.4, -0.2) is 12.2 Å². The summed E-state index contributed by atoms with van der Waals surface area (Å²) >= 11 is 5.45. The Morgan fingerprint density at radius 3 is 2.70 bits per heavy atom. The number of methoxy groups -OCH3 is 1. The van der Waals surface area contributed by atoms with E-state index in [4.69, 9.17) is 17.0 Å². The van der Waals surface area contributed by atoms with Crippen molar-refractivity contribution in [2.45, 2.75) is 18.9 Å². The molecule has 1 atom stereocenters. The Hall–Kier alpha value is -2.33. The summed E-state index contributed by atoms with van der Waals surface area (Å²) in [5.74, 6) is 0.906. The minimum atomic E-state index is 0.148. The number of benzene rings is 2. The SMILES string of the molecule is COc1ccc2c(c1)CCC1=C2NC(=S)N[C@@H]1c1ccccc1. The molecular weight excluding hydrogens is 304 g/mol. The van der Waals surface area contributed by atoms with E-state index >= 15 is 0 Å². The Kier molecular flexibility index (Phi) is 3.54. The zero-order valence-corrected chi connectivity index (χ0v) is 13.7. The van der Waals surface area contributed by atoms with E-state index in [-0.39, 0.29) is 6.04 Å². The van der Waals surface area contributed by atoms with Crippen molar-refractivity contribution in [2.75, 3.05) is 7.11 Å². The molecule has 2 aromatic rings. The van der Waals surface area contributed by atoms with E-state index in [1.807, 2.05) is 12.1 Å². The number of hydrogen-bond donors (Lipinski definition) is 2. The summed E-state index contributed by atoms with van der Waals surface area (Å²) in [6.45, 7) is 0. The average molecular weight is 322 g/mol. The maximum atomic E-state index is 5.45. The molecule has 0 bridgehead atoms. The van der Waals surface area contributed by atoms with Crippen molar-refractivity contribution in [3.05, 3.63) is 70.8 Å². The van der Waals surface area contributed by atoms with Gasteiger partial charge in [-0.05, 0) is 60.0 Å². The standard InChI is InChI=1S/C19H18N2OS/c1-22-14-8-10-15-13(11-14)7-9-16-17(12-5-3-2-4-6-12)20-19(23)21-18(15)16/h2-6,8,10-11,17H,7,9H2,1H3,(H2,20,21,23)/t17-/m1/s1. The van der Waals surface area contributed by atoms with Crippen LogP contribution in [0.5, 0.6) is 5.75 Å². The van der Waals surface area contributed by atoms with Gasteiger partial charge in [0.25, 0.3) is 0 Å². The minimum Gasteiger partial charge on any atom is -0.497 e. The molecule has 0 radical (unpaired) electrons. The van der Waals surface area contributed by atoms with Crippen molar-refractivity contribution >= 4 is 23.0 Å². The highest BCUT2D eigenvalue weighted by Gasteiger charge is 2.30. The molecule has 0 spiro atoms. The summed E-state index contributed by atoms with van der Waals surface area (Å²) in [6, 6.07) is 16.9. The Morgan fingerprint density at radius 1 is 1.09 bits per heavy atom. The van der Waals surface area contributed by atoms with Gasteiger partial charge in [-0.25, -0.2) is 0 Å². The molecule has 1 heterocycles. The molecule has 1 aliphatic carbocycles. The van der Waals surface area contributed by atoms with Crippen molar-refractivity contribution in [1.82, 2.24) is 10.6 Å². The zero-order valence-electron chi connectivity index (χ0n) is 12.9. The zero-order chi connectivity index (χ0) is 15.8. The van der Waals surface area contributed by atoms with Gasteiger partial charge in [0.15, 0.2) is 5.11 Å². The fourth-order valence-corrected chi connectivity index (χ4v) is 3.67. The van der Waals surface area contributed by atoms with Crippen LogP contribution in [-0.2, 0) is 6.42 Å². The number of rotatable bonds is 2. The average Bonchev–Trinajstić information content (AvgIpc) is 2.61. The molecule has 4 rings (SSSR count).